The highest BCUT2D eigenvalue weighted by atomic mass is 16.5. The van der Waals surface area contributed by atoms with Gasteiger partial charge in [-0.1, -0.05) is 42.5 Å². The molecule has 4 rings (SSSR count). The third-order valence-corrected chi connectivity index (χ3v) is 6.97. The van der Waals surface area contributed by atoms with Crippen LogP contribution < -0.4 is 14.2 Å². The van der Waals surface area contributed by atoms with E-state index >= 15 is 0 Å². The molecule has 6 nitrogen and oxygen atoms in total. The quantitative estimate of drug-likeness (QED) is 0.357. The van der Waals surface area contributed by atoms with E-state index in [9.17, 15) is 4.79 Å². The molecule has 196 valence electrons. The minimum Gasteiger partial charge on any atom is -0.493 e. The molecule has 0 atom stereocenters. The van der Waals surface area contributed by atoms with Crippen molar-refractivity contribution in [3.63, 3.8) is 0 Å². The van der Waals surface area contributed by atoms with Crippen molar-refractivity contribution >= 4 is 5.91 Å². The van der Waals surface area contributed by atoms with E-state index < -0.39 is 0 Å². The fourth-order valence-corrected chi connectivity index (χ4v) is 4.71. The summed E-state index contributed by atoms with van der Waals surface area (Å²) in [6.45, 7) is 4.03. The second kappa shape index (κ2) is 13.2. The highest BCUT2D eigenvalue weighted by Gasteiger charge is 2.22. The van der Waals surface area contributed by atoms with E-state index in [0.717, 1.165) is 62.5 Å². The molecule has 0 fully saturated rings. The number of nitrogens with zero attached hydrogens (tertiary/aromatic N) is 2. The van der Waals surface area contributed by atoms with Crippen LogP contribution in [0.5, 0.6) is 17.2 Å². The number of likely N-dealkylation sites (N-methyl/N-ethyl adjacent to an activating group) is 1. The highest BCUT2D eigenvalue weighted by Crippen LogP contribution is 2.32. The van der Waals surface area contributed by atoms with Gasteiger partial charge < -0.3 is 24.0 Å². The van der Waals surface area contributed by atoms with Crippen LogP contribution in [0.3, 0.4) is 0 Å². The number of amides is 1. The maximum absolute atomic E-state index is 12.9. The molecule has 0 radical (unpaired) electrons. The average molecular weight is 503 g/mol. The summed E-state index contributed by atoms with van der Waals surface area (Å²) in [4.78, 5) is 17.2. The molecule has 0 saturated heterocycles. The van der Waals surface area contributed by atoms with Crippen LogP contribution in [0, 0.1) is 0 Å². The maximum Gasteiger partial charge on any atom is 0.227 e. The Balaban J connectivity index is 1.18. The molecular weight excluding hydrogens is 464 g/mol. The monoisotopic (exact) mass is 502 g/mol. The fraction of sp³-hybridized carbons (Fsp3) is 0.387. The number of hydrogen-bond acceptors (Lipinski definition) is 5. The summed E-state index contributed by atoms with van der Waals surface area (Å²) in [5.41, 5.74) is 4.67. The van der Waals surface area contributed by atoms with Crippen LogP contribution in [0.2, 0.25) is 0 Å². The first-order chi connectivity index (χ1) is 18.1. The molecule has 3 aromatic carbocycles. The Morgan fingerprint density at radius 3 is 2.27 bits per heavy atom. The van der Waals surface area contributed by atoms with E-state index in [1.165, 1.54) is 16.7 Å². The summed E-state index contributed by atoms with van der Waals surface area (Å²) in [6.07, 6.45) is 3.19. The van der Waals surface area contributed by atoms with Crippen LogP contribution >= 0.6 is 0 Å². The van der Waals surface area contributed by atoms with Crippen LogP contribution in [0.25, 0.3) is 0 Å². The van der Waals surface area contributed by atoms with Crippen molar-refractivity contribution in [2.24, 2.45) is 0 Å². The topological polar surface area (TPSA) is 51.2 Å². The first-order valence-corrected chi connectivity index (χ1v) is 13.0. The van der Waals surface area contributed by atoms with Crippen LogP contribution in [-0.2, 0) is 30.7 Å². The summed E-state index contributed by atoms with van der Waals surface area (Å²) < 4.78 is 16.8. The molecule has 1 amide bonds. The van der Waals surface area contributed by atoms with E-state index in [1.807, 2.05) is 47.4 Å². The van der Waals surface area contributed by atoms with Gasteiger partial charge in [0.2, 0.25) is 5.91 Å². The smallest absolute Gasteiger partial charge is 0.227 e. The molecule has 1 aliphatic heterocycles. The molecule has 3 aromatic rings. The predicted octanol–water partition coefficient (Wildman–Crippen LogP) is 4.77. The summed E-state index contributed by atoms with van der Waals surface area (Å²) in [7, 11) is 5.42. The molecule has 0 unspecified atom stereocenters. The molecule has 0 spiro atoms. The Morgan fingerprint density at radius 2 is 1.57 bits per heavy atom. The molecule has 0 saturated carbocycles. The van der Waals surface area contributed by atoms with E-state index in [2.05, 4.69) is 36.2 Å². The first kappa shape index (κ1) is 26.6. The van der Waals surface area contributed by atoms with Gasteiger partial charge in [0.05, 0.1) is 20.6 Å². The number of carbonyl (C=O) groups is 1. The van der Waals surface area contributed by atoms with E-state index in [0.29, 0.717) is 18.8 Å². The number of rotatable bonds is 12. The fourth-order valence-electron chi connectivity index (χ4n) is 4.71. The Labute approximate surface area is 220 Å². The summed E-state index contributed by atoms with van der Waals surface area (Å²) in [6, 6.07) is 22.6. The lowest BCUT2D eigenvalue weighted by Crippen LogP contribution is -2.35. The van der Waals surface area contributed by atoms with Crippen molar-refractivity contribution < 1.29 is 19.0 Å². The van der Waals surface area contributed by atoms with Gasteiger partial charge in [-0.15, -0.1) is 0 Å². The van der Waals surface area contributed by atoms with Gasteiger partial charge in [-0.25, -0.2) is 0 Å². The SMILES string of the molecule is COc1cc2c(cc1OC)CC(=O)N(CCCN(C)CCc1ccc(OCc3ccccc3)cc1)CC2. The van der Waals surface area contributed by atoms with Crippen molar-refractivity contribution in [1.82, 2.24) is 9.80 Å². The molecule has 37 heavy (non-hydrogen) atoms. The lowest BCUT2D eigenvalue weighted by molar-refractivity contribution is -0.130. The minimum absolute atomic E-state index is 0.184. The highest BCUT2D eigenvalue weighted by molar-refractivity contribution is 5.80. The normalized spacial score (nSPS) is 13.3. The lowest BCUT2D eigenvalue weighted by atomic mass is 10.0. The second-order valence-corrected chi connectivity index (χ2v) is 9.61. The Hall–Kier alpha value is -3.51. The zero-order valence-electron chi connectivity index (χ0n) is 22.2. The maximum atomic E-state index is 12.9. The zero-order valence-corrected chi connectivity index (χ0v) is 22.2. The average Bonchev–Trinajstić information content (AvgIpc) is 3.08. The van der Waals surface area contributed by atoms with Gasteiger partial charge in [-0.2, -0.15) is 0 Å². The molecule has 6 heteroatoms. The molecule has 0 aliphatic carbocycles. The zero-order chi connectivity index (χ0) is 26.0. The van der Waals surface area contributed by atoms with Gasteiger partial charge in [0.15, 0.2) is 11.5 Å². The van der Waals surface area contributed by atoms with Crippen LogP contribution in [0.15, 0.2) is 66.7 Å². The Bertz CT molecular complexity index is 1150. The van der Waals surface area contributed by atoms with E-state index in [4.69, 9.17) is 14.2 Å². The van der Waals surface area contributed by atoms with Crippen LogP contribution in [0.1, 0.15) is 28.7 Å². The van der Waals surface area contributed by atoms with Crippen LogP contribution in [0.4, 0.5) is 0 Å². The van der Waals surface area contributed by atoms with E-state index in [-0.39, 0.29) is 5.91 Å². The standard InChI is InChI=1S/C31H38N2O4/c1-32(18-14-24-10-12-28(13-11-24)37-23-25-8-5-4-6-9-25)16-7-17-33-19-15-26-20-29(35-2)30(36-3)21-27(26)22-31(33)34/h4-6,8-13,20-21H,7,14-19,22-23H2,1-3H3. The number of carbonyl (C=O) groups excluding carboxylic acids is 1. The summed E-state index contributed by atoms with van der Waals surface area (Å²) in [5.74, 6) is 2.47. The lowest BCUT2D eigenvalue weighted by Gasteiger charge is -2.23. The van der Waals surface area contributed by atoms with Crippen LogP contribution in [-0.4, -0.2) is 63.2 Å². The summed E-state index contributed by atoms with van der Waals surface area (Å²) >= 11 is 0. The molecule has 0 aromatic heterocycles. The molecule has 0 bridgehead atoms. The molecular formula is C31H38N2O4. The van der Waals surface area contributed by atoms with Gasteiger partial charge in [0.1, 0.15) is 12.4 Å². The van der Waals surface area contributed by atoms with Gasteiger partial charge in [-0.3, -0.25) is 4.79 Å². The molecule has 0 N–H and O–H groups in total. The van der Waals surface area contributed by atoms with Gasteiger partial charge in [-0.05, 0) is 79.4 Å². The number of ether oxygens (including phenoxy) is 3. The van der Waals surface area contributed by atoms with Gasteiger partial charge in [0.25, 0.3) is 0 Å². The largest absolute Gasteiger partial charge is 0.493 e. The van der Waals surface area contributed by atoms with Gasteiger partial charge >= 0.3 is 0 Å². The molecule has 1 aliphatic rings. The second-order valence-electron chi connectivity index (χ2n) is 9.61. The third kappa shape index (κ3) is 7.49. The number of fused-ring (bicyclic) bond motifs is 1. The Morgan fingerprint density at radius 1 is 0.865 bits per heavy atom. The van der Waals surface area contributed by atoms with Crippen molar-refractivity contribution in [1.29, 1.82) is 0 Å². The summed E-state index contributed by atoms with van der Waals surface area (Å²) in [5, 5.41) is 0. The van der Waals surface area contributed by atoms with Crippen molar-refractivity contribution in [2.45, 2.75) is 32.3 Å². The van der Waals surface area contributed by atoms with Crippen molar-refractivity contribution in [3.8, 4) is 17.2 Å². The third-order valence-electron chi connectivity index (χ3n) is 6.97. The number of hydrogen-bond donors (Lipinski definition) is 0. The van der Waals surface area contributed by atoms with Crippen molar-refractivity contribution in [3.05, 3.63) is 89.0 Å². The van der Waals surface area contributed by atoms with Crippen molar-refractivity contribution in [2.75, 3.05) is 47.4 Å². The van der Waals surface area contributed by atoms with Gasteiger partial charge in [0, 0.05) is 19.6 Å². The number of benzene rings is 3. The Kier molecular flexibility index (Phi) is 9.44. The molecule has 1 heterocycles. The first-order valence-electron chi connectivity index (χ1n) is 13.0. The minimum atomic E-state index is 0.184. The number of methoxy groups -OCH3 is 2. The predicted molar refractivity (Wildman–Crippen MR) is 147 cm³/mol. The van der Waals surface area contributed by atoms with E-state index in [1.54, 1.807) is 14.2 Å².